The van der Waals surface area contributed by atoms with Crippen molar-refractivity contribution in [2.24, 2.45) is 5.73 Å². The van der Waals surface area contributed by atoms with Gasteiger partial charge < -0.3 is 11.1 Å². The predicted octanol–water partition coefficient (Wildman–Crippen LogP) is 3.39. The summed E-state index contributed by atoms with van der Waals surface area (Å²) < 4.78 is 0. The van der Waals surface area contributed by atoms with E-state index in [1.165, 1.54) is 0 Å². The van der Waals surface area contributed by atoms with Gasteiger partial charge >= 0.3 is 0 Å². The van der Waals surface area contributed by atoms with E-state index in [9.17, 15) is 4.79 Å². The number of benzene rings is 2. The van der Waals surface area contributed by atoms with Crippen molar-refractivity contribution in [3.8, 4) is 11.1 Å². The molecule has 0 unspecified atom stereocenters. The van der Waals surface area contributed by atoms with Crippen LogP contribution in [0.25, 0.3) is 11.1 Å². The average Bonchev–Trinajstić information content (AvgIpc) is 2.46. The fourth-order valence-corrected chi connectivity index (χ4v) is 2.09. The summed E-state index contributed by atoms with van der Waals surface area (Å²) in [5, 5.41) is 3.55. The Labute approximate surface area is 135 Å². The van der Waals surface area contributed by atoms with Crippen LogP contribution in [0.1, 0.15) is 12.0 Å². The molecule has 21 heavy (non-hydrogen) atoms. The maximum Gasteiger partial charge on any atom is 0.221 e. The number of rotatable bonds is 5. The Bertz CT molecular complexity index is 585. The highest BCUT2D eigenvalue weighted by molar-refractivity contribution is 6.30. The second kappa shape index (κ2) is 8.67. The predicted molar refractivity (Wildman–Crippen MR) is 89.7 cm³/mol. The summed E-state index contributed by atoms with van der Waals surface area (Å²) in [4.78, 5) is 11.3. The number of nitrogens with one attached hydrogen (secondary N) is 1. The van der Waals surface area contributed by atoms with Gasteiger partial charge in [0.1, 0.15) is 0 Å². The van der Waals surface area contributed by atoms with Crippen molar-refractivity contribution in [3.63, 3.8) is 0 Å². The number of amides is 1. The Hall–Kier alpha value is -1.55. The number of halogens is 2. The van der Waals surface area contributed by atoms with Crippen molar-refractivity contribution >= 4 is 29.9 Å². The van der Waals surface area contributed by atoms with Crippen LogP contribution in [-0.4, -0.2) is 12.5 Å². The number of hydrogen-bond donors (Lipinski definition) is 2. The molecule has 0 aliphatic rings. The average molecular weight is 325 g/mol. The highest BCUT2D eigenvalue weighted by Crippen LogP contribution is 2.22. The minimum atomic E-state index is -0.0218. The summed E-state index contributed by atoms with van der Waals surface area (Å²) in [5.41, 5.74) is 8.56. The first kappa shape index (κ1) is 17.5. The molecule has 0 aromatic heterocycles. The van der Waals surface area contributed by atoms with E-state index in [0.717, 1.165) is 21.7 Å². The molecule has 2 aromatic carbocycles. The molecule has 0 saturated carbocycles. The summed E-state index contributed by atoms with van der Waals surface area (Å²) in [5.74, 6) is -0.0218. The van der Waals surface area contributed by atoms with Crippen molar-refractivity contribution in [1.29, 1.82) is 0 Å². The lowest BCUT2D eigenvalue weighted by Gasteiger charge is -2.06. The Kier molecular flexibility index (Phi) is 7.23. The molecule has 0 aliphatic carbocycles. The largest absolute Gasteiger partial charge is 0.352 e. The molecular weight excluding hydrogens is 307 g/mol. The Morgan fingerprint density at radius 3 is 2.43 bits per heavy atom. The molecule has 0 fully saturated rings. The molecule has 3 N–H and O–H groups in total. The normalized spacial score (nSPS) is 9.81. The van der Waals surface area contributed by atoms with Crippen LogP contribution < -0.4 is 11.1 Å². The van der Waals surface area contributed by atoms with Crippen LogP contribution in [0, 0.1) is 0 Å². The summed E-state index contributed by atoms with van der Waals surface area (Å²) in [6.07, 6.45) is 0.362. The second-order valence-electron chi connectivity index (χ2n) is 4.52. The van der Waals surface area contributed by atoms with Gasteiger partial charge in [-0.05, 0) is 28.8 Å². The third kappa shape index (κ3) is 5.38. The summed E-state index contributed by atoms with van der Waals surface area (Å²) >= 11 is 5.98. The van der Waals surface area contributed by atoms with E-state index in [4.69, 9.17) is 17.3 Å². The fraction of sp³-hybridized carbons (Fsp3) is 0.188. The highest BCUT2D eigenvalue weighted by Gasteiger charge is 2.01. The zero-order valence-corrected chi connectivity index (χ0v) is 13.1. The van der Waals surface area contributed by atoms with Gasteiger partial charge in [-0.1, -0.05) is 48.0 Å². The van der Waals surface area contributed by atoms with Crippen LogP contribution in [-0.2, 0) is 11.3 Å². The minimum Gasteiger partial charge on any atom is -0.352 e. The van der Waals surface area contributed by atoms with Crippen LogP contribution >= 0.6 is 24.0 Å². The van der Waals surface area contributed by atoms with Gasteiger partial charge in [0.2, 0.25) is 5.91 Å². The molecule has 5 heteroatoms. The van der Waals surface area contributed by atoms with Crippen LogP contribution in [0.4, 0.5) is 0 Å². The molecule has 0 radical (unpaired) electrons. The lowest BCUT2D eigenvalue weighted by Crippen LogP contribution is -2.24. The summed E-state index contributed by atoms with van der Waals surface area (Å²) in [6.45, 7) is 0.897. The van der Waals surface area contributed by atoms with E-state index in [-0.39, 0.29) is 18.3 Å². The fourth-order valence-electron chi connectivity index (χ4n) is 1.90. The minimum absolute atomic E-state index is 0. The molecular formula is C16H18Cl2N2O. The number of carbonyl (C=O) groups excluding carboxylic acids is 1. The lowest BCUT2D eigenvalue weighted by atomic mass is 10.0. The van der Waals surface area contributed by atoms with E-state index in [0.29, 0.717) is 19.5 Å². The number of hydrogen-bond acceptors (Lipinski definition) is 2. The van der Waals surface area contributed by atoms with E-state index in [1.54, 1.807) is 0 Å². The van der Waals surface area contributed by atoms with Crippen molar-refractivity contribution in [3.05, 3.63) is 59.1 Å². The first-order valence-electron chi connectivity index (χ1n) is 6.50. The van der Waals surface area contributed by atoms with Gasteiger partial charge in [0, 0.05) is 24.5 Å². The van der Waals surface area contributed by atoms with E-state index in [1.807, 2.05) is 48.5 Å². The quantitative estimate of drug-likeness (QED) is 0.885. The highest BCUT2D eigenvalue weighted by atomic mass is 35.5. The van der Waals surface area contributed by atoms with Crippen LogP contribution in [0.2, 0.25) is 5.02 Å². The van der Waals surface area contributed by atoms with Gasteiger partial charge in [0.25, 0.3) is 0 Å². The van der Waals surface area contributed by atoms with Crippen molar-refractivity contribution in [2.75, 3.05) is 6.54 Å². The third-order valence-corrected chi connectivity index (χ3v) is 3.21. The standard InChI is InChI=1S/C16H17ClN2O.ClH/c17-15-3-1-2-14(10-15)13-6-4-12(5-7-13)11-19-16(20)8-9-18;/h1-7,10H,8-9,11,18H2,(H,19,20);1H. The van der Waals surface area contributed by atoms with Crippen LogP contribution in [0.15, 0.2) is 48.5 Å². The van der Waals surface area contributed by atoms with Crippen molar-refractivity contribution < 1.29 is 4.79 Å². The molecule has 0 bridgehead atoms. The molecule has 3 nitrogen and oxygen atoms in total. The molecule has 0 aliphatic heterocycles. The maximum absolute atomic E-state index is 11.3. The molecule has 2 aromatic rings. The molecule has 1 amide bonds. The van der Waals surface area contributed by atoms with Crippen LogP contribution in [0.5, 0.6) is 0 Å². The van der Waals surface area contributed by atoms with Crippen molar-refractivity contribution in [1.82, 2.24) is 5.32 Å². The topological polar surface area (TPSA) is 55.1 Å². The molecule has 0 saturated heterocycles. The lowest BCUT2D eigenvalue weighted by molar-refractivity contribution is -0.121. The summed E-state index contributed by atoms with van der Waals surface area (Å²) in [6, 6.07) is 15.8. The smallest absolute Gasteiger partial charge is 0.221 e. The molecule has 0 heterocycles. The van der Waals surface area contributed by atoms with Gasteiger partial charge in [-0.3, -0.25) is 4.79 Å². The van der Waals surface area contributed by atoms with Gasteiger partial charge in [0.15, 0.2) is 0 Å². The SMILES string of the molecule is Cl.NCCC(=O)NCc1ccc(-c2cccc(Cl)c2)cc1. The first-order chi connectivity index (χ1) is 9.69. The van der Waals surface area contributed by atoms with Gasteiger partial charge in [-0.2, -0.15) is 0 Å². The second-order valence-corrected chi connectivity index (χ2v) is 4.96. The van der Waals surface area contributed by atoms with Gasteiger partial charge in [-0.25, -0.2) is 0 Å². The van der Waals surface area contributed by atoms with Crippen molar-refractivity contribution in [2.45, 2.75) is 13.0 Å². The number of nitrogens with two attached hydrogens (primary N) is 1. The summed E-state index contributed by atoms with van der Waals surface area (Å²) in [7, 11) is 0. The molecule has 112 valence electrons. The Morgan fingerprint density at radius 2 is 1.81 bits per heavy atom. The van der Waals surface area contributed by atoms with Crippen LogP contribution in [0.3, 0.4) is 0 Å². The Balaban J connectivity index is 0.00000220. The first-order valence-corrected chi connectivity index (χ1v) is 6.88. The Morgan fingerprint density at radius 1 is 1.10 bits per heavy atom. The molecule has 0 atom stereocenters. The molecule has 2 rings (SSSR count). The maximum atomic E-state index is 11.3. The zero-order valence-electron chi connectivity index (χ0n) is 11.5. The third-order valence-electron chi connectivity index (χ3n) is 2.97. The van der Waals surface area contributed by atoms with Gasteiger partial charge in [0.05, 0.1) is 0 Å². The molecule has 0 spiro atoms. The number of carbonyl (C=O) groups is 1. The van der Waals surface area contributed by atoms with Gasteiger partial charge in [-0.15, -0.1) is 12.4 Å². The zero-order chi connectivity index (χ0) is 14.4. The van der Waals surface area contributed by atoms with E-state index in [2.05, 4.69) is 5.32 Å². The van der Waals surface area contributed by atoms with E-state index < -0.39 is 0 Å². The monoisotopic (exact) mass is 324 g/mol. The van der Waals surface area contributed by atoms with E-state index >= 15 is 0 Å².